The highest BCUT2D eigenvalue weighted by Crippen LogP contribution is 2.33. The highest BCUT2D eigenvalue weighted by Gasteiger charge is 2.19. The molecule has 1 atom stereocenters. The number of anilines is 2. The SMILES string of the molecule is Cc1nc2ncnc(-c3cccnc3Nc3c(F)ccc(CCCNS(=O)O)c3F)c2[nH]1. The summed E-state index contributed by atoms with van der Waals surface area (Å²) in [5, 5.41) is 2.77. The van der Waals surface area contributed by atoms with Gasteiger partial charge in [0.25, 0.3) is 0 Å². The van der Waals surface area contributed by atoms with E-state index in [9.17, 15) is 8.60 Å². The number of aryl methyl sites for hydroxylation is 2. The number of halogens is 2. The van der Waals surface area contributed by atoms with E-state index in [1.807, 2.05) is 0 Å². The molecule has 166 valence electrons. The summed E-state index contributed by atoms with van der Waals surface area (Å²) in [5.41, 5.74) is 2.00. The Balaban J connectivity index is 1.67. The number of hydrogen-bond donors (Lipinski definition) is 4. The molecular formula is C20H19F2N7O2S. The maximum Gasteiger partial charge on any atom is 0.231 e. The average Bonchev–Trinajstić information content (AvgIpc) is 3.16. The Labute approximate surface area is 184 Å². The zero-order valence-corrected chi connectivity index (χ0v) is 17.7. The molecule has 0 aliphatic rings. The summed E-state index contributed by atoms with van der Waals surface area (Å²) in [6.45, 7) is 2.00. The number of nitrogens with zero attached hydrogens (tertiary/aromatic N) is 4. The number of aromatic nitrogens is 5. The Morgan fingerprint density at radius 3 is 2.84 bits per heavy atom. The first-order valence-electron chi connectivity index (χ1n) is 9.65. The van der Waals surface area contributed by atoms with Crippen LogP contribution < -0.4 is 10.0 Å². The lowest BCUT2D eigenvalue weighted by Crippen LogP contribution is -2.18. The molecule has 0 bridgehead atoms. The summed E-state index contributed by atoms with van der Waals surface area (Å²) >= 11 is -2.13. The molecule has 1 unspecified atom stereocenters. The molecule has 0 radical (unpaired) electrons. The number of H-pyrrole nitrogens is 1. The highest BCUT2D eigenvalue weighted by molar-refractivity contribution is 7.77. The van der Waals surface area contributed by atoms with Crippen LogP contribution in [0.1, 0.15) is 17.8 Å². The number of nitrogens with one attached hydrogen (secondary N) is 3. The van der Waals surface area contributed by atoms with Crippen molar-refractivity contribution in [2.45, 2.75) is 19.8 Å². The maximum atomic E-state index is 15.1. The number of benzene rings is 1. The molecule has 12 heteroatoms. The summed E-state index contributed by atoms with van der Waals surface area (Å²) in [6.07, 6.45) is 3.51. The molecule has 0 saturated carbocycles. The number of fused-ring (bicyclic) bond motifs is 1. The molecule has 0 saturated heterocycles. The third-order valence-electron chi connectivity index (χ3n) is 4.73. The van der Waals surface area contributed by atoms with Crippen LogP contribution in [0, 0.1) is 18.6 Å². The summed E-state index contributed by atoms with van der Waals surface area (Å²) in [5.74, 6) is -0.656. The predicted octanol–water partition coefficient (Wildman–Crippen LogP) is 3.40. The molecule has 4 aromatic rings. The minimum absolute atomic E-state index is 0.209. The van der Waals surface area contributed by atoms with E-state index in [-0.39, 0.29) is 30.0 Å². The van der Waals surface area contributed by atoms with E-state index in [0.717, 1.165) is 0 Å². The molecule has 32 heavy (non-hydrogen) atoms. The minimum atomic E-state index is -2.13. The molecule has 0 spiro atoms. The Kier molecular flexibility index (Phi) is 6.44. The van der Waals surface area contributed by atoms with Crippen LogP contribution >= 0.6 is 0 Å². The van der Waals surface area contributed by atoms with Gasteiger partial charge in [0.2, 0.25) is 11.3 Å². The standard InChI is InChI=1S/C20H19F2N7O2S/c1-11-27-18-16(24-10-25-20(18)28-11)13-5-3-8-23-19(13)29-17-14(21)7-6-12(15(17)22)4-2-9-26-32(30)31/h3,5-8,10,26H,2,4,9H2,1H3,(H,23,29)(H,30,31)(H,24,25,27,28). The van der Waals surface area contributed by atoms with Crippen LogP contribution in [0.3, 0.4) is 0 Å². The van der Waals surface area contributed by atoms with Crippen molar-refractivity contribution in [1.29, 1.82) is 0 Å². The second-order valence-corrected chi connectivity index (χ2v) is 7.70. The largest absolute Gasteiger partial charge is 0.339 e. The number of aromatic amines is 1. The second kappa shape index (κ2) is 9.42. The van der Waals surface area contributed by atoms with Crippen molar-refractivity contribution in [3.8, 4) is 11.3 Å². The van der Waals surface area contributed by atoms with Gasteiger partial charge in [-0.3, -0.25) is 4.55 Å². The van der Waals surface area contributed by atoms with E-state index in [1.165, 1.54) is 24.7 Å². The fourth-order valence-corrected chi connectivity index (χ4v) is 3.62. The second-order valence-electron chi connectivity index (χ2n) is 6.91. The smallest absolute Gasteiger partial charge is 0.231 e. The van der Waals surface area contributed by atoms with E-state index in [0.29, 0.717) is 34.7 Å². The third-order valence-corrected chi connectivity index (χ3v) is 5.18. The van der Waals surface area contributed by atoms with Crippen molar-refractivity contribution in [2.24, 2.45) is 0 Å². The van der Waals surface area contributed by atoms with Crippen LogP contribution in [0.25, 0.3) is 22.4 Å². The van der Waals surface area contributed by atoms with E-state index >= 15 is 4.39 Å². The first-order valence-corrected chi connectivity index (χ1v) is 10.8. The van der Waals surface area contributed by atoms with Gasteiger partial charge in [0.15, 0.2) is 11.5 Å². The topological polar surface area (TPSA) is 129 Å². The zero-order chi connectivity index (χ0) is 22.7. The van der Waals surface area contributed by atoms with Crippen LogP contribution in [0.4, 0.5) is 20.3 Å². The number of rotatable bonds is 8. The van der Waals surface area contributed by atoms with E-state index < -0.39 is 22.9 Å². The van der Waals surface area contributed by atoms with Crippen molar-refractivity contribution in [3.05, 3.63) is 59.8 Å². The minimum Gasteiger partial charge on any atom is -0.339 e. The molecule has 0 aliphatic heterocycles. The van der Waals surface area contributed by atoms with Gasteiger partial charge in [-0.05, 0) is 43.5 Å². The van der Waals surface area contributed by atoms with Crippen LogP contribution in [0.5, 0.6) is 0 Å². The molecule has 4 N–H and O–H groups in total. The van der Waals surface area contributed by atoms with Gasteiger partial charge in [0.1, 0.15) is 40.7 Å². The monoisotopic (exact) mass is 459 g/mol. The van der Waals surface area contributed by atoms with Crippen molar-refractivity contribution < 1.29 is 17.5 Å². The number of imidazole rings is 1. The lowest BCUT2D eigenvalue weighted by atomic mass is 10.1. The Morgan fingerprint density at radius 1 is 1.19 bits per heavy atom. The van der Waals surface area contributed by atoms with Crippen molar-refractivity contribution in [1.82, 2.24) is 29.6 Å². The van der Waals surface area contributed by atoms with Gasteiger partial charge in [-0.1, -0.05) is 6.07 Å². The Bertz CT molecular complexity index is 1300. The summed E-state index contributed by atoms with van der Waals surface area (Å²) in [7, 11) is 0. The van der Waals surface area contributed by atoms with Gasteiger partial charge in [-0.2, -0.15) is 0 Å². The van der Waals surface area contributed by atoms with Gasteiger partial charge in [0, 0.05) is 18.3 Å². The van der Waals surface area contributed by atoms with Crippen LogP contribution in [0.2, 0.25) is 0 Å². The van der Waals surface area contributed by atoms with E-state index in [1.54, 1.807) is 19.1 Å². The van der Waals surface area contributed by atoms with Gasteiger partial charge in [-0.25, -0.2) is 37.6 Å². The highest BCUT2D eigenvalue weighted by atomic mass is 32.2. The molecule has 1 aromatic carbocycles. The number of pyridine rings is 1. The van der Waals surface area contributed by atoms with Crippen LogP contribution in [-0.4, -0.2) is 40.2 Å². The first-order chi connectivity index (χ1) is 15.4. The molecule has 0 aliphatic carbocycles. The lowest BCUT2D eigenvalue weighted by molar-refractivity contribution is 0.545. The fraction of sp³-hybridized carbons (Fsp3) is 0.200. The first kappa shape index (κ1) is 21.9. The molecule has 0 fully saturated rings. The maximum absolute atomic E-state index is 15.1. The Morgan fingerprint density at radius 2 is 2.03 bits per heavy atom. The normalized spacial score (nSPS) is 12.2. The van der Waals surface area contributed by atoms with Gasteiger partial charge in [0.05, 0.1) is 0 Å². The van der Waals surface area contributed by atoms with E-state index in [4.69, 9.17) is 4.55 Å². The van der Waals surface area contributed by atoms with Gasteiger partial charge < -0.3 is 10.3 Å². The summed E-state index contributed by atoms with van der Waals surface area (Å²) in [6, 6.07) is 5.95. The molecule has 3 heterocycles. The van der Waals surface area contributed by atoms with Gasteiger partial charge in [-0.15, -0.1) is 0 Å². The third kappa shape index (κ3) is 4.61. The van der Waals surface area contributed by atoms with Crippen LogP contribution in [-0.2, 0) is 17.7 Å². The van der Waals surface area contributed by atoms with Gasteiger partial charge >= 0.3 is 0 Å². The summed E-state index contributed by atoms with van der Waals surface area (Å²) in [4.78, 5) is 20.1. The molecular weight excluding hydrogens is 440 g/mol. The quantitative estimate of drug-likeness (QED) is 0.235. The molecule has 4 rings (SSSR count). The van der Waals surface area contributed by atoms with E-state index in [2.05, 4.69) is 35.0 Å². The van der Waals surface area contributed by atoms with Crippen molar-refractivity contribution in [3.63, 3.8) is 0 Å². The fourth-order valence-electron chi connectivity index (χ4n) is 3.30. The molecule has 3 aromatic heterocycles. The summed E-state index contributed by atoms with van der Waals surface area (Å²) < 4.78 is 51.4. The van der Waals surface area contributed by atoms with Crippen LogP contribution in [0.15, 0.2) is 36.8 Å². The Hall–Kier alpha value is -3.35. The zero-order valence-electron chi connectivity index (χ0n) is 16.9. The predicted molar refractivity (Wildman–Crippen MR) is 116 cm³/mol. The lowest BCUT2D eigenvalue weighted by Gasteiger charge is -2.14. The number of hydrogen-bond acceptors (Lipinski definition) is 6. The average molecular weight is 459 g/mol. The van der Waals surface area contributed by atoms with Crippen molar-refractivity contribution in [2.75, 3.05) is 11.9 Å². The molecule has 0 amide bonds. The van der Waals surface area contributed by atoms with Crippen molar-refractivity contribution >= 4 is 33.9 Å². The molecule has 9 nitrogen and oxygen atoms in total.